The molecule has 0 aliphatic carbocycles. The third-order valence-electron chi connectivity index (χ3n) is 2.36. The zero-order valence-electron chi connectivity index (χ0n) is 8.74. The van der Waals surface area contributed by atoms with Crippen LogP contribution in [0, 0.1) is 0 Å². The molecule has 0 aromatic rings. The van der Waals surface area contributed by atoms with Gasteiger partial charge in [0.05, 0.1) is 0 Å². The standard InChI is InChI=1S/C9H19NO3/c1-5-7(2)10(4)6-9(3,13)8(11)12/h7,13H,5-6H2,1-4H3,(H,11,12). The second-order valence-electron chi connectivity index (χ2n) is 3.75. The Hall–Kier alpha value is -0.610. The number of aliphatic carboxylic acids is 1. The van der Waals surface area contributed by atoms with E-state index in [0.717, 1.165) is 6.42 Å². The molecular formula is C9H19NO3. The molecule has 4 heteroatoms. The molecule has 0 aromatic carbocycles. The quantitative estimate of drug-likeness (QED) is 0.663. The Morgan fingerprint density at radius 1 is 1.62 bits per heavy atom. The lowest BCUT2D eigenvalue weighted by molar-refractivity contribution is -0.158. The Kier molecular flexibility index (Phi) is 4.36. The molecule has 4 nitrogen and oxygen atoms in total. The van der Waals surface area contributed by atoms with Gasteiger partial charge in [-0.05, 0) is 27.3 Å². The zero-order valence-corrected chi connectivity index (χ0v) is 8.74. The summed E-state index contributed by atoms with van der Waals surface area (Å²) in [5.41, 5.74) is -1.65. The summed E-state index contributed by atoms with van der Waals surface area (Å²) < 4.78 is 0. The smallest absolute Gasteiger partial charge is 0.336 e. The van der Waals surface area contributed by atoms with Crippen LogP contribution in [-0.4, -0.2) is 46.3 Å². The van der Waals surface area contributed by atoms with Gasteiger partial charge in [-0.3, -0.25) is 0 Å². The van der Waals surface area contributed by atoms with E-state index in [9.17, 15) is 9.90 Å². The first-order chi connectivity index (χ1) is 5.81. The van der Waals surface area contributed by atoms with Crippen molar-refractivity contribution in [3.63, 3.8) is 0 Å². The van der Waals surface area contributed by atoms with E-state index in [1.165, 1.54) is 6.92 Å². The minimum Gasteiger partial charge on any atom is -0.479 e. The van der Waals surface area contributed by atoms with Crippen molar-refractivity contribution in [2.24, 2.45) is 0 Å². The summed E-state index contributed by atoms with van der Waals surface area (Å²) in [7, 11) is 1.81. The molecule has 0 aliphatic heterocycles. The maximum atomic E-state index is 10.6. The number of nitrogens with zero attached hydrogens (tertiary/aromatic N) is 1. The normalized spacial score (nSPS) is 18.3. The fourth-order valence-electron chi connectivity index (χ4n) is 1.02. The van der Waals surface area contributed by atoms with Crippen molar-refractivity contribution in [1.82, 2.24) is 4.90 Å². The van der Waals surface area contributed by atoms with Crippen molar-refractivity contribution in [3.05, 3.63) is 0 Å². The molecule has 0 aliphatic rings. The van der Waals surface area contributed by atoms with Crippen LogP contribution in [0.3, 0.4) is 0 Å². The summed E-state index contributed by atoms with van der Waals surface area (Å²) in [6.07, 6.45) is 0.937. The van der Waals surface area contributed by atoms with Gasteiger partial charge >= 0.3 is 5.97 Å². The molecule has 0 rings (SSSR count). The molecule has 0 amide bonds. The van der Waals surface area contributed by atoms with E-state index < -0.39 is 11.6 Å². The van der Waals surface area contributed by atoms with Crippen LogP contribution in [0.15, 0.2) is 0 Å². The van der Waals surface area contributed by atoms with Gasteiger partial charge in [0.15, 0.2) is 5.60 Å². The molecule has 13 heavy (non-hydrogen) atoms. The molecule has 0 saturated carbocycles. The molecule has 0 bridgehead atoms. The highest BCUT2D eigenvalue weighted by Gasteiger charge is 2.32. The lowest BCUT2D eigenvalue weighted by atomic mass is 10.1. The van der Waals surface area contributed by atoms with E-state index in [4.69, 9.17) is 5.11 Å². The Balaban J connectivity index is 4.19. The first kappa shape index (κ1) is 12.4. The van der Waals surface area contributed by atoms with Crippen LogP contribution < -0.4 is 0 Å². The topological polar surface area (TPSA) is 60.8 Å². The van der Waals surface area contributed by atoms with Gasteiger partial charge in [-0.15, -0.1) is 0 Å². The maximum absolute atomic E-state index is 10.6. The zero-order chi connectivity index (χ0) is 10.6. The number of hydrogen-bond donors (Lipinski definition) is 2. The Labute approximate surface area is 79.2 Å². The van der Waals surface area contributed by atoms with Crippen molar-refractivity contribution in [2.75, 3.05) is 13.6 Å². The Bertz CT molecular complexity index is 180. The second kappa shape index (κ2) is 4.58. The predicted octanol–water partition coefficient (Wildman–Crippen LogP) is 0.552. The molecule has 2 atom stereocenters. The molecule has 0 fully saturated rings. The molecular weight excluding hydrogens is 170 g/mol. The van der Waals surface area contributed by atoms with Crippen molar-refractivity contribution in [3.8, 4) is 0 Å². The summed E-state index contributed by atoms with van der Waals surface area (Å²) >= 11 is 0. The number of aliphatic hydroxyl groups is 1. The molecule has 78 valence electrons. The maximum Gasteiger partial charge on any atom is 0.336 e. The highest BCUT2D eigenvalue weighted by Crippen LogP contribution is 2.09. The summed E-state index contributed by atoms with van der Waals surface area (Å²) in [5, 5.41) is 18.1. The predicted molar refractivity (Wildman–Crippen MR) is 50.6 cm³/mol. The van der Waals surface area contributed by atoms with Crippen LogP contribution in [0.25, 0.3) is 0 Å². The van der Waals surface area contributed by atoms with E-state index in [1.54, 1.807) is 0 Å². The number of hydrogen-bond acceptors (Lipinski definition) is 3. The largest absolute Gasteiger partial charge is 0.479 e. The summed E-state index contributed by atoms with van der Waals surface area (Å²) in [4.78, 5) is 12.4. The van der Waals surface area contributed by atoms with Crippen molar-refractivity contribution >= 4 is 5.97 Å². The molecule has 0 spiro atoms. The van der Waals surface area contributed by atoms with Crippen LogP contribution in [0.1, 0.15) is 27.2 Å². The van der Waals surface area contributed by atoms with Gasteiger partial charge in [-0.25, -0.2) is 4.79 Å². The van der Waals surface area contributed by atoms with E-state index in [2.05, 4.69) is 0 Å². The van der Waals surface area contributed by atoms with Crippen LogP contribution in [0.4, 0.5) is 0 Å². The Morgan fingerprint density at radius 3 is 2.38 bits per heavy atom. The fourth-order valence-corrected chi connectivity index (χ4v) is 1.02. The molecule has 0 heterocycles. The highest BCUT2D eigenvalue weighted by atomic mass is 16.4. The molecule has 2 N–H and O–H groups in total. The molecule has 0 aromatic heterocycles. The van der Waals surface area contributed by atoms with Crippen LogP contribution in [0.2, 0.25) is 0 Å². The minimum atomic E-state index is -1.65. The van der Waals surface area contributed by atoms with E-state index >= 15 is 0 Å². The monoisotopic (exact) mass is 189 g/mol. The summed E-state index contributed by atoms with van der Waals surface area (Å²) in [6, 6.07) is 0.283. The van der Waals surface area contributed by atoms with Gasteiger partial charge in [-0.1, -0.05) is 6.92 Å². The van der Waals surface area contributed by atoms with E-state index in [1.807, 2.05) is 25.8 Å². The van der Waals surface area contributed by atoms with Crippen molar-refractivity contribution in [2.45, 2.75) is 38.8 Å². The average molecular weight is 189 g/mol. The number of carboxylic acids is 1. The first-order valence-corrected chi connectivity index (χ1v) is 4.47. The first-order valence-electron chi connectivity index (χ1n) is 4.47. The lowest BCUT2D eigenvalue weighted by Crippen LogP contribution is -2.47. The number of carbonyl (C=O) groups is 1. The number of carboxylic acid groups (broad SMARTS) is 1. The fraction of sp³-hybridized carbons (Fsp3) is 0.889. The van der Waals surface area contributed by atoms with Gasteiger partial charge in [0.1, 0.15) is 0 Å². The van der Waals surface area contributed by atoms with Gasteiger partial charge in [0.2, 0.25) is 0 Å². The van der Waals surface area contributed by atoms with Crippen LogP contribution >= 0.6 is 0 Å². The molecule has 0 saturated heterocycles. The average Bonchev–Trinajstić information content (AvgIpc) is 2.01. The minimum absolute atomic E-state index is 0.150. The van der Waals surface area contributed by atoms with Gasteiger partial charge < -0.3 is 15.1 Å². The highest BCUT2D eigenvalue weighted by molar-refractivity contribution is 5.76. The lowest BCUT2D eigenvalue weighted by Gasteiger charge is -2.29. The second-order valence-corrected chi connectivity index (χ2v) is 3.75. The third-order valence-corrected chi connectivity index (χ3v) is 2.36. The summed E-state index contributed by atoms with van der Waals surface area (Å²) in [6.45, 7) is 5.49. The third kappa shape index (κ3) is 3.74. The van der Waals surface area contributed by atoms with Crippen molar-refractivity contribution in [1.29, 1.82) is 0 Å². The SMILES string of the molecule is CCC(C)N(C)CC(C)(O)C(=O)O. The Morgan fingerprint density at radius 2 is 2.08 bits per heavy atom. The molecule has 2 unspecified atom stereocenters. The van der Waals surface area contributed by atoms with E-state index in [0.29, 0.717) is 0 Å². The number of likely N-dealkylation sites (N-methyl/N-ethyl adjacent to an activating group) is 1. The van der Waals surface area contributed by atoms with E-state index in [-0.39, 0.29) is 12.6 Å². The van der Waals surface area contributed by atoms with Gasteiger partial charge in [0.25, 0.3) is 0 Å². The van der Waals surface area contributed by atoms with Crippen LogP contribution in [0.5, 0.6) is 0 Å². The van der Waals surface area contributed by atoms with Crippen LogP contribution in [-0.2, 0) is 4.79 Å². The van der Waals surface area contributed by atoms with Gasteiger partial charge in [-0.2, -0.15) is 0 Å². The summed E-state index contributed by atoms with van der Waals surface area (Å²) in [5.74, 6) is -1.18. The molecule has 0 radical (unpaired) electrons. The van der Waals surface area contributed by atoms with Crippen molar-refractivity contribution < 1.29 is 15.0 Å². The number of rotatable bonds is 5. The van der Waals surface area contributed by atoms with Gasteiger partial charge in [0, 0.05) is 12.6 Å².